The summed E-state index contributed by atoms with van der Waals surface area (Å²) in [7, 11) is 1.33. The lowest BCUT2D eigenvalue weighted by Crippen LogP contribution is -2.39. The first kappa shape index (κ1) is 16.5. The first-order valence-corrected chi connectivity index (χ1v) is 9.06. The van der Waals surface area contributed by atoms with Crippen LogP contribution in [0.25, 0.3) is 0 Å². The molecule has 8 heteroatoms. The van der Waals surface area contributed by atoms with Crippen molar-refractivity contribution >= 4 is 37.2 Å². The Morgan fingerprint density at radius 3 is 2.62 bits per heavy atom. The summed E-state index contributed by atoms with van der Waals surface area (Å²) in [4.78, 5) is 12.0. The van der Waals surface area contributed by atoms with Crippen molar-refractivity contribution < 1.29 is 17.9 Å². The number of hydrogen-bond acceptors (Lipinski definition) is 4. The van der Waals surface area contributed by atoms with Gasteiger partial charge in [-0.05, 0) is 38.0 Å². The largest absolute Gasteiger partial charge is 0.376 e. The molecule has 1 aliphatic rings. The molecule has 0 spiro atoms. The Morgan fingerprint density at radius 1 is 1.43 bits per heavy atom. The molecule has 1 aromatic rings. The molecule has 1 N–H and O–H groups in total. The summed E-state index contributed by atoms with van der Waals surface area (Å²) in [6, 6.07) is 2.63. The second-order valence-electron chi connectivity index (χ2n) is 4.99. The Hall–Kier alpha value is -0.820. The predicted molar refractivity (Wildman–Crippen MR) is 80.5 cm³/mol. The monoisotopic (exact) mass is 351 g/mol. The zero-order valence-corrected chi connectivity index (χ0v) is 13.8. The molecule has 2 atom stereocenters. The number of hydrogen-bond donors (Lipinski definition) is 1. The Morgan fingerprint density at radius 2 is 2.10 bits per heavy atom. The number of benzene rings is 1. The fraction of sp³-hybridized carbons (Fsp3) is 0.462. The first-order chi connectivity index (χ1) is 9.70. The number of nitrogens with one attached hydrogen (secondary N) is 1. The molecule has 0 radical (unpaired) electrons. The smallest absolute Gasteiger partial charge is 0.262 e. The van der Waals surface area contributed by atoms with E-state index in [0.717, 1.165) is 6.42 Å². The highest BCUT2D eigenvalue weighted by molar-refractivity contribution is 8.13. The number of ether oxygens (including phenoxy) is 1. The van der Waals surface area contributed by atoms with Crippen molar-refractivity contribution in [1.82, 2.24) is 5.32 Å². The van der Waals surface area contributed by atoms with Crippen molar-refractivity contribution in [3.63, 3.8) is 0 Å². The standard InChI is InChI=1S/C13H15Cl2NO4S/c1-7-5-9(6-11(12(7)14)21(15,18)19)13(17)16-10-3-4-20-8(10)2/h5-6,8,10H,3-4H2,1-2H3,(H,16,17). The Labute approximate surface area is 133 Å². The molecule has 1 aliphatic heterocycles. The molecule has 1 heterocycles. The van der Waals surface area contributed by atoms with Crippen molar-refractivity contribution in [3.8, 4) is 0 Å². The summed E-state index contributed by atoms with van der Waals surface area (Å²) in [5.41, 5.74) is 0.675. The van der Waals surface area contributed by atoms with Crippen molar-refractivity contribution in [2.24, 2.45) is 0 Å². The van der Waals surface area contributed by atoms with Gasteiger partial charge in [-0.25, -0.2) is 8.42 Å². The molecule has 116 valence electrons. The van der Waals surface area contributed by atoms with Crippen LogP contribution in [-0.2, 0) is 13.8 Å². The van der Waals surface area contributed by atoms with Crippen molar-refractivity contribution in [3.05, 3.63) is 28.3 Å². The summed E-state index contributed by atoms with van der Waals surface area (Å²) in [5.74, 6) is -0.376. The van der Waals surface area contributed by atoms with Gasteiger partial charge in [0.2, 0.25) is 0 Å². The molecule has 2 unspecified atom stereocenters. The van der Waals surface area contributed by atoms with E-state index in [1.54, 1.807) is 6.92 Å². The van der Waals surface area contributed by atoms with Gasteiger partial charge < -0.3 is 10.1 Å². The first-order valence-electron chi connectivity index (χ1n) is 6.37. The van der Waals surface area contributed by atoms with Gasteiger partial charge in [-0.3, -0.25) is 4.79 Å². The molecule has 1 aromatic carbocycles. The normalized spacial score (nSPS) is 22.3. The van der Waals surface area contributed by atoms with E-state index in [-0.39, 0.29) is 33.5 Å². The number of carbonyl (C=O) groups is 1. The minimum Gasteiger partial charge on any atom is -0.376 e. The highest BCUT2D eigenvalue weighted by Crippen LogP contribution is 2.29. The van der Waals surface area contributed by atoms with Crippen molar-refractivity contribution in [2.45, 2.75) is 37.3 Å². The number of carbonyl (C=O) groups excluding carboxylic acids is 1. The molecule has 5 nitrogen and oxygen atoms in total. The number of rotatable bonds is 3. The molecule has 1 fully saturated rings. The van der Waals surface area contributed by atoms with E-state index in [1.807, 2.05) is 6.92 Å². The van der Waals surface area contributed by atoms with Crippen LogP contribution in [0.3, 0.4) is 0 Å². The van der Waals surface area contributed by atoms with Gasteiger partial charge in [0.25, 0.3) is 15.0 Å². The molecule has 0 saturated carbocycles. The molecule has 2 rings (SSSR count). The highest BCUT2D eigenvalue weighted by Gasteiger charge is 2.27. The lowest BCUT2D eigenvalue weighted by Gasteiger charge is -2.16. The molecule has 21 heavy (non-hydrogen) atoms. The average molecular weight is 352 g/mol. The lowest BCUT2D eigenvalue weighted by atomic mass is 10.1. The number of halogens is 2. The van der Waals surface area contributed by atoms with E-state index < -0.39 is 9.05 Å². The van der Waals surface area contributed by atoms with Crippen LogP contribution in [0.5, 0.6) is 0 Å². The zero-order chi connectivity index (χ0) is 15.8. The summed E-state index contributed by atoms with van der Waals surface area (Å²) < 4.78 is 28.4. The molecule has 1 amide bonds. The van der Waals surface area contributed by atoms with E-state index in [0.29, 0.717) is 12.2 Å². The fourth-order valence-corrected chi connectivity index (χ4v) is 3.76. The Kier molecular flexibility index (Phi) is 4.82. The second kappa shape index (κ2) is 6.12. The molecular formula is C13H15Cl2NO4S. The van der Waals surface area contributed by atoms with Crippen LogP contribution in [0.2, 0.25) is 5.02 Å². The van der Waals surface area contributed by atoms with Crippen LogP contribution in [0.4, 0.5) is 0 Å². The van der Waals surface area contributed by atoms with E-state index in [4.69, 9.17) is 27.0 Å². The number of amides is 1. The Bertz CT molecular complexity index is 675. The summed E-state index contributed by atoms with van der Waals surface area (Å²) in [5, 5.41) is 2.85. The van der Waals surface area contributed by atoms with Crippen LogP contribution in [0.15, 0.2) is 17.0 Å². The summed E-state index contributed by atoms with van der Waals surface area (Å²) >= 11 is 5.93. The molecule has 0 aliphatic carbocycles. The SMILES string of the molecule is Cc1cc(C(=O)NC2CCOC2C)cc(S(=O)(=O)Cl)c1Cl. The van der Waals surface area contributed by atoms with Crippen LogP contribution >= 0.6 is 22.3 Å². The minimum atomic E-state index is -4.01. The Balaban J connectivity index is 2.32. The number of aryl methyl sites for hydroxylation is 1. The van der Waals surface area contributed by atoms with Crippen molar-refractivity contribution in [2.75, 3.05) is 6.61 Å². The van der Waals surface area contributed by atoms with Gasteiger partial charge >= 0.3 is 0 Å². The van der Waals surface area contributed by atoms with Gasteiger partial charge in [-0.2, -0.15) is 0 Å². The summed E-state index contributed by atoms with van der Waals surface area (Å²) in [6.07, 6.45) is 0.652. The van der Waals surface area contributed by atoms with Gasteiger partial charge in [-0.15, -0.1) is 0 Å². The topological polar surface area (TPSA) is 72.5 Å². The van der Waals surface area contributed by atoms with Crippen LogP contribution in [0, 0.1) is 6.92 Å². The van der Waals surface area contributed by atoms with E-state index in [9.17, 15) is 13.2 Å². The minimum absolute atomic E-state index is 0.0270. The van der Waals surface area contributed by atoms with Gasteiger partial charge in [-0.1, -0.05) is 11.6 Å². The van der Waals surface area contributed by atoms with Crippen molar-refractivity contribution in [1.29, 1.82) is 0 Å². The van der Waals surface area contributed by atoms with Gasteiger partial charge in [0.1, 0.15) is 4.90 Å². The highest BCUT2D eigenvalue weighted by atomic mass is 35.7. The summed E-state index contributed by atoms with van der Waals surface area (Å²) in [6.45, 7) is 4.08. The van der Waals surface area contributed by atoms with Gasteiger partial charge in [0.05, 0.1) is 17.2 Å². The maximum Gasteiger partial charge on any atom is 0.262 e. The van der Waals surface area contributed by atoms with Gasteiger partial charge in [0.15, 0.2) is 0 Å². The van der Waals surface area contributed by atoms with E-state index in [1.165, 1.54) is 12.1 Å². The van der Waals surface area contributed by atoms with E-state index in [2.05, 4.69) is 5.32 Å². The maximum absolute atomic E-state index is 12.2. The quantitative estimate of drug-likeness (QED) is 0.849. The third kappa shape index (κ3) is 3.69. The van der Waals surface area contributed by atoms with Gasteiger partial charge in [0, 0.05) is 22.9 Å². The third-order valence-electron chi connectivity index (χ3n) is 3.44. The second-order valence-corrected chi connectivity index (χ2v) is 7.90. The lowest BCUT2D eigenvalue weighted by molar-refractivity contribution is 0.0866. The van der Waals surface area contributed by atoms with E-state index >= 15 is 0 Å². The molecule has 0 bridgehead atoms. The zero-order valence-electron chi connectivity index (χ0n) is 11.5. The molecular weight excluding hydrogens is 337 g/mol. The average Bonchev–Trinajstić information content (AvgIpc) is 2.76. The van der Waals surface area contributed by atoms with Crippen LogP contribution in [0.1, 0.15) is 29.3 Å². The third-order valence-corrected chi connectivity index (χ3v) is 5.40. The molecule has 0 aromatic heterocycles. The van der Waals surface area contributed by atoms with Crippen LogP contribution in [-0.4, -0.2) is 33.1 Å². The molecule has 1 saturated heterocycles. The fourth-order valence-electron chi connectivity index (χ4n) is 2.22. The maximum atomic E-state index is 12.2. The predicted octanol–water partition coefficient (Wildman–Crippen LogP) is 2.48. The van der Waals surface area contributed by atoms with Crippen LogP contribution < -0.4 is 5.32 Å².